The monoisotopic (exact) mass is 259 g/mol. The third kappa shape index (κ3) is 3.28. The molecule has 0 amide bonds. The van der Waals surface area contributed by atoms with Crippen molar-refractivity contribution in [1.82, 2.24) is 0 Å². The molecule has 94 valence electrons. The summed E-state index contributed by atoms with van der Waals surface area (Å²) in [5.41, 5.74) is 8.60. The highest BCUT2D eigenvalue weighted by Gasteiger charge is 2.08. The average molecular weight is 259 g/mol. The molecule has 0 aliphatic rings. The van der Waals surface area contributed by atoms with Gasteiger partial charge >= 0.3 is 0 Å². The van der Waals surface area contributed by atoms with Crippen molar-refractivity contribution < 1.29 is 5.11 Å². The molecule has 18 heavy (non-hydrogen) atoms. The number of anilines is 1. The summed E-state index contributed by atoms with van der Waals surface area (Å²) in [6.07, 6.45) is -0.437. The standard InChI is InChI=1S/C15H17NOS/c1-11-9-13(16)7-8-15(11)18-10-14(17)12-5-3-2-4-6-12/h2-9,14,17H,10,16H2,1H3. The Morgan fingerprint density at radius 1 is 1.17 bits per heavy atom. The first-order valence-corrected chi connectivity index (χ1v) is 6.87. The maximum atomic E-state index is 10.1. The summed E-state index contributed by atoms with van der Waals surface area (Å²) in [7, 11) is 0. The predicted octanol–water partition coefficient (Wildman–Crippen LogP) is 3.40. The maximum absolute atomic E-state index is 10.1. The fourth-order valence-electron chi connectivity index (χ4n) is 1.77. The lowest BCUT2D eigenvalue weighted by Crippen LogP contribution is -2.00. The minimum absolute atomic E-state index is 0.437. The van der Waals surface area contributed by atoms with Crippen molar-refractivity contribution in [1.29, 1.82) is 0 Å². The van der Waals surface area contributed by atoms with Gasteiger partial charge in [-0.2, -0.15) is 0 Å². The van der Waals surface area contributed by atoms with Crippen LogP contribution in [0.1, 0.15) is 17.2 Å². The quantitative estimate of drug-likeness (QED) is 0.653. The normalized spacial score (nSPS) is 12.3. The molecule has 0 aromatic heterocycles. The first-order chi connectivity index (χ1) is 8.66. The van der Waals surface area contributed by atoms with E-state index >= 15 is 0 Å². The van der Waals surface area contributed by atoms with Crippen molar-refractivity contribution in [3.05, 3.63) is 59.7 Å². The van der Waals surface area contributed by atoms with Crippen LogP contribution in [-0.2, 0) is 0 Å². The summed E-state index contributed by atoms with van der Waals surface area (Å²) in [6.45, 7) is 2.04. The molecule has 1 unspecified atom stereocenters. The molecule has 0 bridgehead atoms. The molecule has 0 heterocycles. The lowest BCUT2D eigenvalue weighted by atomic mass is 10.1. The van der Waals surface area contributed by atoms with Crippen LogP contribution in [0, 0.1) is 6.92 Å². The summed E-state index contributed by atoms with van der Waals surface area (Å²) in [5.74, 6) is 0.648. The van der Waals surface area contributed by atoms with Crippen LogP contribution >= 0.6 is 11.8 Å². The Balaban J connectivity index is 1.99. The Hall–Kier alpha value is -1.45. The third-order valence-electron chi connectivity index (χ3n) is 2.78. The van der Waals surface area contributed by atoms with Crippen LogP contribution in [0.5, 0.6) is 0 Å². The predicted molar refractivity (Wildman–Crippen MR) is 77.7 cm³/mol. The van der Waals surface area contributed by atoms with Gasteiger partial charge < -0.3 is 10.8 Å². The van der Waals surface area contributed by atoms with Crippen LogP contribution in [0.4, 0.5) is 5.69 Å². The number of hydrogen-bond donors (Lipinski definition) is 2. The minimum atomic E-state index is -0.437. The highest BCUT2D eigenvalue weighted by Crippen LogP contribution is 2.28. The van der Waals surface area contributed by atoms with Gasteiger partial charge in [-0.1, -0.05) is 30.3 Å². The Morgan fingerprint density at radius 2 is 1.89 bits per heavy atom. The van der Waals surface area contributed by atoms with E-state index in [9.17, 15) is 5.11 Å². The fraction of sp³-hybridized carbons (Fsp3) is 0.200. The van der Waals surface area contributed by atoms with Crippen LogP contribution < -0.4 is 5.73 Å². The van der Waals surface area contributed by atoms with Crippen molar-refractivity contribution in [3.63, 3.8) is 0 Å². The Labute approximate surface area is 112 Å². The number of thioether (sulfide) groups is 1. The summed E-state index contributed by atoms with van der Waals surface area (Å²) in [4.78, 5) is 1.17. The summed E-state index contributed by atoms with van der Waals surface area (Å²) in [6, 6.07) is 15.6. The largest absolute Gasteiger partial charge is 0.399 e. The van der Waals surface area contributed by atoms with Crippen LogP contribution in [0.25, 0.3) is 0 Å². The van der Waals surface area contributed by atoms with Crippen molar-refractivity contribution in [2.75, 3.05) is 11.5 Å². The fourth-order valence-corrected chi connectivity index (χ4v) is 2.76. The Kier molecular flexibility index (Phi) is 4.28. The van der Waals surface area contributed by atoms with E-state index in [1.165, 1.54) is 4.90 Å². The molecule has 3 heteroatoms. The van der Waals surface area contributed by atoms with Gasteiger partial charge in [0, 0.05) is 16.3 Å². The molecule has 1 atom stereocenters. The number of aryl methyl sites for hydroxylation is 1. The van der Waals surface area contributed by atoms with Crippen molar-refractivity contribution in [3.8, 4) is 0 Å². The van der Waals surface area contributed by atoms with E-state index in [0.29, 0.717) is 5.75 Å². The van der Waals surface area contributed by atoms with Crippen LogP contribution in [0.15, 0.2) is 53.4 Å². The highest BCUT2D eigenvalue weighted by molar-refractivity contribution is 7.99. The van der Waals surface area contributed by atoms with E-state index < -0.39 is 6.10 Å². The second-order valence-corrected chi connectivity index (χ2v) is 5.32. The first kappa shape index (κ1) is 13.0. The number of hydrogen-bond acceptors (Lipinski definition) is 3. The number of nitrogen functional groups attached to an aromatic ring is 1. The maximum Gasteiger partial charge on any atom is 0.0883 e. The molecule has 0 saturated carbocycles. The molecule has 2 rings (SSSR count). The SMILES string of the molecule is Cc1cc(N)ccc1SCC(O)c1ccccc1. The zero-order valence-electron chi connectivity index (χ0n) is 10.3. The molecule has 2 aromatic carbocycles. The molecule has 0 saturated heterocycles. The molecule has 0 radical (unpaired) electrons. The minimum Gasteiger partial charge on any atom is -0.399 e. The topological polar surface area (TPSA) is 46.2 Å². The molecule has 0 spiro atoms. The summed E-state index contributed by atoms with van der Waals surface area (Å²) < 4.78 is 0. The number of aliphatic hydroxyl groups excluding tert-OH is 1. The average Bonchev–Trinajstić information content (AvgIpc) is 2.38. The van der Waals surface area contributed by atoms with E-state index in [1.807, 2.05) is 55.5 Å². The third-order valence-corrected chi connectivity index (χ3v) is 4.03. The van der Waals surface area contributed by atoms with Gasteiger partial charge in [0.25, 0.3) is 0 Å². The molecular formula is C15H17NOS. The lowest BCUT2D eigenvalue weighted by molar-refractivity contribution is 0.204. The summed E-state index contributed by atoms with van der Waals surface area (Å²) >= 11 is 1.65. The number of nitrogens with two attached hydrogens (primary N) is 1. The van der Waals surface area contributed by atoms with Gasteiger partial charge in [0.15, 0.2) is 0 Å². The molecule has 2 nitrogen and oxygen atoms in total. The van der Waals surface area contributed by atoms with Gasteiger partial charge in [-0.3, -0.25) is 0 Å². The number of aliphatic hydroxyl groups is 1. The molecule has 0 fully saturated rings. The first-order valence-electron chi connectivity index (χ1n) is 5.89. The van der Waals surface area contributed by atoms with E-state index in [0.717, 1.165) is 16.8 Å². The van der Waals surface area contributed by atoms with Gasteiger partial charge in [-0.25, -0.2) is 0 Å². The van der Waals surface area contributed by atoms with Crippen molar-refractivity contribution in [2.45, 2.75) is 17.9 Å². The smallest absolute Gasteiger partial charge is 0.0883 e. The van der Waals surface area contributed by atoms with Gasteiger partial charge in [0.2, 0.25) is 0 Å². The molecular weight excluding hydrogens is 242 g/mol. The van der Waals surface area contributed by atoms with Gasteiger partial charge in [0.05, 0.1) is 6.10 Å². The number of benzene rings is 2. The number of rotatable bonds is 4. The zero-order chi connectivity index (χ0) is 13.0. The van der Waals surface area contributed by atoms with Crippen molar-refractivity contribution >= 4 is 17.4 Å². The van der Waals surface area contributed by atoms with Crippen LogP contribution in [0.3, 0.4) is 0 Å². The van der Waals surface area contributed by atoms with Crippen LogP contribution in [-0.4, -0.2) is 10.9 Å². The Bertz CT molecular complexity index is 513. The lowest BCUT2D eigenvalue weighted by Gasteiger charge is -2.12. The second kappa shape index (κ2) is 5.94. The molecule has 0 aliphatic carbocycles. The van der Waals surface area contributed by atoms with Gasteiger partial charge in [-0.05, 0) is 36.2 Å². The van der Waals surface area contributed by atoms with E-state index in [-0.39, 0.29) is 0 Å². The molecule has 3 N–H and O–H groups in total. The zero-order valence-corrected chi connectivity index (χ0v) is 11.2. The van der Waals surface area contributed by atoms with Gasteiger partial charge in [-0.15, -0.1) is 11.8 Å². The summed E-state index contributed by atoms with van der Waals surface area (Å²) in [5, 5.41) is 10.1. The van der Waals surface area contributed by atoms with Gasteiger partial charge in [0.1, 0.15) is 0 Å². The molecule has 0 aliphatic heterocycles. The second-order valence-electron chi connectivity index (χ2n) is 4.26. The Morgan fingerprint density at radius 3 is 2.56 bits per heavy atom. The van der Waals surface area contributed by atoms with Crippen LogP contribution in [0.2, 0.25) is 0 Å². The van der Waals surface area contributed by atoms with Crippen molar-refractivity contribution in [2.24, 2.45) is 0 Å². The van der Waals surface area contributed by atoms with E-state index in [2.05, 4.69) is 0 Å². The highest BCUT2D eigenvalue weighted by atomic mass is 32.2. The van der Waals surface area contributed by atoms with E-state index in [1.54, 1.807) is 11.8 Å². The van der Waals surface area contributed by atoms with E-state index in [4.69, 9.17) is 5.73 Å². The molecule has 2 aromatic rings.